The van der Waals surface area contributed by atoms with Crippen LogP contribution in [0.15, 0.2) is 15.9 Å². The number of hydrogen-bond donors (Lipinski definition) is 2. The van der Waals surface area contributed by atoms with E-state index in [2.05, 4.69) is 33.5 Å². The number of halogens is 1. The van der Waals surface area contributed by atoms with Crippen molar-refractivity contribution in [1.82, 2.24) is 10.6 Å². The molecule has 0 saturated carbocycles. The number of hydrogen-bond acceptors (Lipinski definition) is 3. The zero-order chi connectivity index (χ0) is 12.8. The Bertz CT molecular complexity index is 367. The summed E-state index contributed by atoms with van der Waals surface area (Å²) < 4.78 is 1.10. The van der Waals surface area contributed by atoms with Crippen molar-refractivity contribution >= 4 is 33.2 Å². The maximum absolute atomic E-state index is 11.7. The van der Waals surface area contributed by atoms with Crippen molar-refractivity contribution in [2.75, 3.05) is 6.54 Å². The third-order valence-electron chi connectivity index (χ3n) is 2.48. The van der Waals surface area contributed by atoms with Crippen molar-refractivity contribution in [3.05, 3.63) is 20.8 Å². The second-order valence-electron chi connectivity index (χ2n) is 4.03. The van der Waals surface area contributed by atoms with Crippen molar-refractivity contribution in [2.45, 2.75) is 39.3 Å². The van der Waals surface area contributed by atoms with Gasteiger partial charge >= 0.3 is 0 Å². The van der Waals surface area contributed by atoms with Gasteiger partial charge in [0.25, 0.3) is 0 Å². The Morgan fingerprint density at radius 2 is 2.24 bits per heavy atom. The summed E-state index contributed by atoms with van der Waals surface area (Å²) >= 11 is 5.19. The number of carbonyl (C=O) groups excluding carboxylic acids is 1. The Balaban J connectivity index is 2.48. The molecule has 0 fully saturated rings. The molecule has 1 rings (SSSR count). The molecule has 0 saturated heterocycles. The second kappa shape index (κ2) is 7.13. The number of carbonyl (C=O) groups is 1. The molecule has 1 aromatic rings. The van der Waals surface area contributed by atoms with Gasteiger partial charge in [0, 0.05) is 21.9 Å². The first kappa shape index (κ1) is 14.7. The van der Waals surface area contributed by atoms with Crippen molar-refractivity contribution in [3.8, 4) is 0 Å². The van der Waals surface area contributed by atoms with Gasteiger partial charge in [0.05, 0.1) is 6.04 Å². The predicted octanol–water partition coefficient (Wildman–Crippen LogP) is 3.08. The SMILES string of the molecule is CCCNC(=O)C(C)NC(C)c1sccc1Br. The van der Waals surface area contributed by atoms with E-state index in [0.717, 1.165) is 17.4 Å². The van der Waals surface area contributed by atoms with Gasteiger partial charge in [-0.3, -0.25) is 10.1 Å². The third-order valence-corrected chi connectivity index (χ3v) is 4.53. The van der Waals surface area contributed by atoms with Crippen molar-refractivity contribution in [1.29, 1.82) is 0 Å². The predicted molar refractivity (Wildman–Crippen MR) is 76.3 cm³/mol. The molecule has 2 atom stereocenters. The van der Waals surface area contributed by atoms with Crippen molar-refractivity contribution in [3.63, 3.8) is 0 Å². The smallest absolute Gasteiger partial charge is 0.236 e. The van der Waals surface area contributed by atoms with Crippen LogP contribution in [-0.4, -0.2) is 18.5 Å². The molecule has 17 heavy (non-hydrogen) atoms. The van der Waals surface area contributed by atoms with Gasteiger partial charge in [-0.2, -0.15) is 0 Å². The molecule has 96 valence electrons. The van der Waals surface area contributed by atoms with E-state index in [4.69, 9.17) is 0 Å². The number of thiophene rings is 1. The molecule has 0 bridgehead atoms. The van der Waals surface area contributed by atoms with E-state index in [9.17, 15) is 4.79 Å². The Morgan fingerprint density at radius 1 is 1.53 bits per heavy atom. The van der Waals surface area contributed by atoms with Gasteiger partial charge in [-0.15, -0.1) is 11.3 Å². The van der Waals surface area contributed by atoms with Crippen molar-refractivity contribution < 1.29 is 4.79 Å². The molecule has 2 N–H and O–H groups in total. The van der Waals surface area contributed by atoms with E-state index in [1.54, 1.807) is 11.3 Å². The second-order valence-corrected chi connectivity index (χ2v) is 5.84. The molecule has 3 nitrogen and oxygen atoms in total. The molecular formula is C12H19BrN2OS. The lowest BCUT2D eigenvalue weighted by molar-refractivity contribution is -0.122. The number of amides is 1. The van der Waals surface area contributed by atoms with Gasteiger partial charge < -0.3 is 5.32 Å². The zero-order valence-electron chi connectivity index (χ0n) is 10.4. The minimum Gasteiger partial charge on any atom is -0.355 e. The summed E-state index contributed by atoms with van der Waals surface area (Å²) in [5.74, 6) is 0.0615. The first-order valence-electron chi connectivity index (χ1n) is 5.83. The molecule has 1 aromatic heterocycles. The van der Waals surface area contributed by atoms with Crippen LogP contribution >= 0.6 is 27.3 Å². The summed E-state index contributed by atoms with van der Waals surface area (Å²) in [4.78, 5) is 12.9. The maximum atomic E-state index is 11.7. The fourth-order valence-electron chi connectivity index (χ4n) is 1.54. The number of nitrogens with one attached hydrogen (secondary N) is 2. The molecule has 2 unspecified atom stereocenters. The third kappa shape index (κ3) is 4.41. The highest BCUT2D eigenvalue weighted by Gasteiger charge is 2.17. The summed E-state index contributed by atoms with van der Waals surface area (Å²) in [5, 5.41) is 8.23. The van der Waals surface area contributed by atoms with Crippen LogP contribution in [0.5, 0.6) is 0 Å². The van der Waals surface area contributed by atoms with Crippen LogP contribution in [-0.2, 0) is 4.79 Å². The van der Waals surface area contributed by atoms with E-state index in [1.807, 2.05) is 25.3 Å². The number of rotatable bonds is 6. The highest BCUT2D eigenvalue weighted by Crippen LogP contribution is 2.28. The van der Waals surface area contributed by atoms with E-state index in [0.29, 0.717) is 0 Å². The summed E-state index contributed by atoms with van der Waals surface area (Å²) in [6.07, 6.45) is 0.963. The molecule has 1 heterocycles. The molecule has 0 aliphatic rings. The standard InChI is InChI=1S/C12H19BrN2OS/c1-4-6-14-12(16)9(3)15-8(2)11-10(13)5-7-17-11/h5,7-9,15H,4,6H2,1-3H3,(H,14,16). The zero-order valence-corrected chi connectivity index (χ0v) is 12.8. The summed E-state index contributed by atoms with van der Waals surface area (Å²) in [5.41, 5.74) is 0. The van der Waals surface area contributed by atoms with Gasteiger partial charge in [-0.1, -0.05) is 6.92 Å². The van der Waals surface area contributed by atoms with Gasteiger partial charge in [-0.05, 0) is 47.6 Å². The maximum Gasteiger partial charge on any atom is 0.236 e. The minimum atomic E-state index is -0.175. The van der Waals surface area contributed by atoms with Crippen LogP contribution in [0, 0.1) is 0 Å². The van der Waals surface area contributed by atoms with Crippen LogP contribution in [0.4, 0.5) is 0 Å². The fraction of sp³-hybridized carbons (Fsp3) is 0.583. The Labute approximate surface area is 115 Å². The highest BCUT2D eigenvalue weighted by atomic mass is 79.9. The van der Waals surface area contributed by atoms with Gasteiger partial charge in [-0.25, -0.2) is 0 Å². The molecule has 0 aliphatic carbocycles. The van der Waals surface area contributed by atoms with Gasteiger partial charge in [0.1, 0.15) is 0 Å². The van der Waals surface area contributed by atoms with E-state index in [1.165, 1.54) is 4.88 Å². The van der Waals surface area contributed by atoms with Crippen LogP contribution in [0.25, 0.3) is 0 Å². The van der Waals surface area contributed by atoms with Crippen molar-refractivity contribution in [2.24, 2.45) is 0 Å². The molecular weight excluding hydrogens is 300 g/mol. The Hall–Kier alpha value is -0.390. The molecule has 5 heteroatoms. The average molecular weight is 319 g/mol. The van der Waals surface area contributed by atoms with E-state index in [-0.39, 0.29) is 18.0 Å². The summed E-state index contributed by atoms with van der Waals surface area (Å²) in [6.45, 7) is 6.74. The first-order chi connectivity index (χ1) is 8.06. The summed E-state index contributed by atoms with van der Waals surface area (Å²) in [7, 11) is 0. The lowest BCUT2D eigenvalue weighted by Crippen LogP contribution is -2.43. The van der Waals surface area contributed by atoms with Gasteiger partial charge in [0.15, 0.2) is 0 Å². The fourth-order valence-corrected chi connectivity index (χ4v) is 3.28. The molecule has 0 aromatic carbocycles. The molecule has 0 aliphatic heterocycles. The minimum absolute atomic E-state index is 0.0615. The lowest BCUT2D eigenvalue weighted by Gasteiger charge is -2.19. The first-order valence-corrected chi connectivity index (χ1v) is 7.50. The quantitative estimate of drug-likeness (QED) is 0.846. The normalized spacial score (nSPS) is 14.4. The topological polar surface area (TPSA) is 41.1 Å². The lowest BCUT2D eigenvalue weighted by atomic mass is 10.2. The van der Waals surface area contributed by atoms with Crippen LogP contribution in [0.3, 0.4) is 0 Å². The Morgan fingerprint density at radius 3 is 2.76 bits per heavy atom. The molecule has 1 amide bonds. The largest absolute Gasteiger partial charge is 0.355 e. The highest BCUT2D eigenvalue weighted by molar-refractivity contribution is 9.10. The van der Waals surface area contributed by atoms with Crippen LogP contribution in [0.1, 0.15) is 38.1 Å². The van der Waals surface area contributed by atoms with Crippen LogP contribution in [0.2, 0.25) is 0 Å². The summed E-state index contributed by atoms with van der Waals surface area (Å²) in [6, 6.07) is 2.03. The van der Waals surface area contributed by atoms with E-state index >= 15 is 0 Å². The Kier molecular flexibility index (Phi) is 6.16. The van der Waals surface area contributed by atoms with E-state index < -0.39 is 0 Å². The average Bonchev–Trinajstić information content (AvgIpc) is 2.72. The monoisotopic (exact) mass is 318 g/mol. The molecule has 0 spiro atoms. The van der Waals surface area contributed by atoms with Gasteiger partial charge in [0.2, 0.25) is 5.91 Å². The molecule has 0 radical (unpaired) electrons. The van der Waals surface area contributed by atoms with Crippen LogP contribution < -0.4 is 10.6 Å².